The van der Waals surface area contributed by atoms with Crippen molar-refractivity contribution in [2.45, 2.75) is 27.7 Å². The van der Waals surface area contributed by atoms with Gasteiger partial charge in [-0.2, -0.15) is 0 Å². The number of phenols is 1. The van der Waals surface area contributed by atoms with Gasteiger partial charge in [0.05, 0.1) is 5.69 Å². The van der Waals surface area contributed by atoms with Crippen LogP contribution in [0.2, 0.25) is 0 Å². The molecular formula is C17H19N3O. The van der Waals surface area contributed by atoms with Crippen molar-refractivity contribution < 1.29 is 5.11 Å². The summed E-state index contributed by atoms with van der Waals surface area (Å²) in [7, 11) is 0. The second kappa shape index (κ2) is 4.52. The van der Waals surface area contributed by atoms with E-state index in [0.29, 0.717) is 5.82 Å². The number of nitrogen functional groups attached to an aromatic ring is 1. The van der Waals surface area contributed by atoms with E-state index >= 15 is 0 Å². The Balaban J connectivity index is 2.43. The molecule has 4 nitrogen and oxygen atoms in total. The molecule has 0 bridgehead atoms. The number of phenolic OH excluding ortho intramolecular Hbond substituents is 1. The minimum Gasteiger partial charge on any atom is -0.508 e. The van der Waals surface area contributed by atoms with Gasteiger partial charge >= 0.3 is 0 Å². The molecule has 0 fully saturated rings. The number of aromatic hydroxyl groups is 1. The zero-order chi connectivity index (χ0) is 15.3. The molecule has 0 atom stereocenters. The third-order valence-corrected chi connectivity index (χ3v) is 4.08. The summed E-state index contributed by atoms with van der Waals surface area (Å²) in [4.78, 5) is 4.69. The molecule has 108 valence electrons. The summed E-state index contributed by atoms with van der Waals surface area (Å²) >= 11 is 0. The predicted molar refractivity (Wildman–Crippen MR) is 86.1 cm³/mol. The molecule has 0 aliphatic heterocycles. The Labute approximate surface area is 123 Å². The summed E-state index contributed by atoms with van der Waals surface area (Å²) in [5, 5.41) is 11.0. The summed E-state index contributed by atoms with van der Waals surface area (Å²) in [6, 6.07) is 7.62. The van der Waals surface area contributed by atoms with Crippen LogP contribution in [0.1, 0.15) is 22.4 Å². The van der Waals surface area contributed by atoms with Crippen molar-refractivity contribution in [3.63, 3.8) is 0 Å². The zero-order valence-corrected chi connectivity index (χ0v) is 12.7. The first-order chi connectivity index (χ1) is 9.90. The van der Waals surface area contributed by atoms with Gasteiger partial charge in [0.1, 0.15) is 17.2 Å². The second-order valence-corrected chi connectivity index (χ2v) is 5.58. The number of nitrogens with zero attached hydrogens (tertiary/aromatic N) is 2. The number of nitrogens with two attached hydrogens (primary N) is 1. The molecule has 4 heteroatoms. The van der Waals surface area contributed by atoms with Crippen molar-refractivity contribution in [2.75, 3.05) is 5.73 Å². The first-order valence-corrected chi connectivity index (χ1v) is 6.95. The number of aromatic nitrogens is 2. The minimum atomic E-state index is 0.265. The topological polar surface area (TPSA) is 64.1 Å². The first-order valence-electron chi connectivity index (χ1n) is 6.95. The second-order valence-electron chi connectivity index (χ2n) is 5.58. The van der Waals surface area contributed by atoms with Gasteiger partial charge in [0, 0.05) is 16.6 Å². The van der Waals surface area contributed by atoms with E-state index in [1.807, 2.05) is 44.4 Å². The Kier molecular flexibility index (Phi) is 2.90. The number of rotatable bonds is 1. The molecule has 3 N–H and O–H groups in total. The summed E-state index contributed by atoms with van der Waals surface area (Å²) in [6.45, 7) is 7.93. The summed E-state index contributed by atoms with van der Waals surface area (Å²) in [6.07, 6.45) is 0. The van der Waals surface area contributed by atoms with Gasteiger partial charge in [0.15, 0.2) is 0 Å². The summed E-state index contributed by atoms with van der Waals surface area (Å²) in [5.74, 6) is 0.889. The maximum absolute atomic E-state index is 10.0. The number of pyridine rings is 1. The minimum absolute atomic E-state index is 0.265. The molecule has 3 rings (SSSR count). The standard InChI is InChI=1S/C17H19N3O/c1-9-5-6-14(21)11(3)16(9)20-15(18)8-13-7-10(2)12(4)19-17(13)20/h5-8,21H,18H2,1-4H3. The molecule has 2 heterocycles. The van der Waals surface area contributed by atoms with Crippen LogP contribution in [0.5, 0.6) is 5.75 Å². The number of benzene rings is 1. The molecule has 0 aliphatic rings. The van der Waals surface area contributed by atoms with E-state index in [2.05, 4.69) is 11.1 Å². The average molecular weight is 281 g/mol. The highest BCUT2D eigenvalue weighted by atomic mass is 16.3. The molecule has 0 saturated carbocycles. The number of anilines is 1. The van der Waals surface area contributed by atoms with E-state index < -0.39 is 0 Å². The van der Waals surface area contributed by atoms with Crippen LogP contribution < -0.4 is 5.73 Å². The SMILES string of the molecule is Cc1cc2cc(N)n(-c3c(C)ccc(O)c3C)c2nc1C. The molecule has 0 unspecified atom stereocenters. The fourth-order valence-electron chi connectivity index (χ4n) is 2.75. The quantitative estimate of drug-likeness (QED) is 0.717. The average Bonchev–Trinajstić information content (AvgIpc) is 2.72. The van der Waals surface area contributed by atoms with E-state index in [1.54, 1.807) is 6.07 Å². The molecule has 0 amide bonds. The van der Waals surface area contributed by atoms with E-state index in [9.17, 15) is 5.11 Å². The van der Waals surface area contributed by atoms with Gasteiger partial charge in [0.2, 0.25) is 0 Å². The van der Waals surface area contributed by atoms with Crippen LogP contribution in [0, 0.1) is 27.7 Å². The lowest BCUT2D eigenvalue weighted by molar-refractivity contribution is 0.470. The van der Waals surface area contributed by atoms with Crippen molar-refractivity contribution in [1.29, 1.82) is 0 Å². The highest BCUT2D eigenvalue weighted by Crippen LogP contribution is 2.33. The van der Waals surface area contributed by atoms with Crippen LogP contribution in [0.25, 0.3) is 16.7 Å². The molecule has 3 aromatic rings. The van der Waals surface area contributed by atoms with Gasteiger partial charge in [-0.15, -0.1) is 0 Å². The molecule has 0 aliphatic carbocycles. The van der Waals surface area contributed by atoms with Gasteiger partial charge in [0.25, 0.3) is 0 Å². The van der Waals surface area contributed by atoms with Gasteiger partial charge in [-0.05, 0) is 57.0 Å². The number of aryl methyl sites for hydroxylation is 3. The maximum atomic E-state index is 10.0. The van der Waals surface area contributed by atoms with Crippen LogP contribution in [0.4, 0.5) is 5.82 Å². The lowest BCUT2D eigenvalue weighted by atomic mass is 10.1. The van der Waals surface area contributed by atoms with Gasteiger partial charge in [-0.3, -0.25) is 4.57 Å². The molecule has 0 radical (unpaired) electrons. The van der Waals surface area contributed by atoms with Crippen molar-refractivity contribution in [2.24, 2.45) is 0 Å². The smallest absolute Gasteiger partial charge is 0.146 e. The zero-order valence-electron chi connectivity index (χ0n) is 12.7. The number of hydrogen-bond donors (Lipinski definition) is 2. The van der Waals surface area contributed by atoms with Crippen LogP contribution in [0.3, 0.4) is 0 Å². The van der Waals surface area contributed by atoms with E-state index in [-0.39, 0.29) is 5.75 Å². The number of fused-ring (bicyclic) bond motifs is 1. The highest BCUT2D eigenvalue weighted by molar-refractivity contribution is 5.85. The largest absolute Gasteiger partial charge is 0.508 e. The molecule has 0 saturated heterocycles. The first kappa shape index (κ1) is 13.5. The van der Waals surface area contributed by atoms with Crippen LogP contribution in [-0.2, 0) is 0 Å². The van der Waals surface area contributed by atoms with Crippen molar-refractivity contribution >= 4 is 16.9 Å². The van der Waals surface area contributed by atoms with E-state index in [1.165, 1.54) is 0 Å². The van der Waals surface area contributed by atoms with Crippen molar-refractivity contribution in [3.05, 3.63) is 46.6 Å². The lowest BCUT2D eigenvalue weighted by Gasteiger charge is -2.15. The monoisotopic (exact) mass is 281 g/mol. The predicted octanol–water partition coefficient (Wildman–Crippen LogP) is 3.55. The molecular weight excluding hydrogens is 262 g/mol. The van der Waals surface area contributed by atoms with E-state index in [4.69, 9.17) is 5.73 Å². The van der Waals surface area contributed by atoms with Gasteiger partial charge in [-0.25, -0.2) is 4.98 Å². The third-order valence-electron chi connectivity index (χ3n) is 4.08. The third kappa shape index (κ3) is 1.95. The van der Waals surface area contributed by atoms with Crippen molar-refractivity contribution in [3.8, 4) is 11.4 Å². The molecule has 0 spiro atoms. The van der Waals surface area contributed by atoms with Gasteiger partial charge in [-0.1, -0.05) is 6.07 Å². The summed E-state index contributed by atoms with van der Waals surface area (Å²) in [5.41, 5.74) is 11.9. The van der Waals surface area contributed by atoms with Crippen LogP contribution in [0.15, 0.2) is 24.3 Å². The highest BCUT2D eigenvalue weighted by Gasteiger charge is 2.16. The molecule has 2 aromatic heterocycles. The number of hydrogen-bond acceptors (Lipinski definition) is 3. The normalized spacial score (nSPS) is 11.2. The molecule has 21 heavy (non-hydrogen) atoms. The van der Waals surface area contributed by atoms with E-state index in [0.717, 1.165) is 39.1 Å². The molecule has 1 aromatic carbocycles. The Morgan fingerprint density at radius 2 is 1.76 bits per heavy atom. The van der Waals surface area contributed by atoms with Crippen LogP contribution in [-0.4, -0.2) is 14.7 Å². The maximum Gasteiger partial charge on any atom is 0.146 e. The van der Waals surface area contributed by atoms with Crippen LogP contribution >= 0.6 is 0 Å². The Hall–Kier alpha value is -2.49. The Morgan fingerprint density at radius 1 is 1.05 bits per heavy atom. The Morgan fingerprint density at radius 3 is 2.48 bits per heavy atom. The lowest BCUT2D eigenvalue weighted by Crippen LogP contribution is -2.05. The fourth-order valence-corrected chi connectivity index (χ4v) is 2.75. The van der Waals surface area contributed by atoms with Crippen molar-refractivity contribution in [1.82, 2.24) is 9.55 Å². The van der Waals surface area contributed by atoms with Gasteiger partial charge < -0.3 is 10.8 Å². The Bertz CT molecular complexity index is 862. The summed E-state index contributed by atoms with van der Waals surface area (Å²) < 4.78 is 1.92. The fraction of sp³-hybridized carbons (Fsp3) is 0.235.